The van der Waals surface area contributed by atoms with E-state index in [1.165, 1.54) is 11.1 Å². The van der Waals surface area contributed by atoms with Crippen LogP contribution in [-0.2, 0) is 6.42 Å². The van der Waals surface area contributed by atoms with Crippen molar-refractivity contribution in [3.63, 3.8) is 0 Å². The van der Waals surface area contributed by atoms with Crippen LogP contribution in [0.2, 0.25) is 0 Å². The van der Waals surface area contributed by atoms with Crippen LogP contribution in [0.5, 0.6) is 0 Å². The predicted octanol–water partition coefficient (Wildman–Crippen LogP) is 3.02. The molecule has 0 atom stereocenters. The molecule has 0 unspecified atom stereocenters. The predicted molar refractivity (Wildman–Crippen MR) is 64.7 cm³/mol. The molecule has 76 valence electrons. The molecule has 0 aromatic heterocycles. The highest BCUT2D eigenvalue weighted by Crippen LogP contribution is 2.12. The number of aliphatic hydroxyl groups is 1. The summed E-state index contributed by atoms with van der Waals surface area (Å²) < 4.78 is 0. The summed E-state index contributed by atoms with van der Waals surface area (Å²) in [7, 11) is 0. The maximum Gasteiger partial charge on any atom is 0.0434 e. The van der Waals surface area contributed by atoms with Gasteiger partial charge in [0.1, 0.15) is 0 Å². The number of halogens is 1. The lowest BCUT2D eigenvalue weighted by Crippen LogP contribution is -1.92. The van der Waals surface area contributed by atoms with E-state index in [4.69, 9.17) is 5.11 Å². The van der Waals surface area contributed by atoms with Crippen LogP contribution in [-0.4, -0.2) is 17.0 Å². The Labute approximate surface area is 93.6 Å². The van der Waals surface area contributed by atoms with E-state index in [-0.39, 0.29) is 6.61 Å². The van der Waals surface area contributed by atoms with E-state index in [2.05, 4.69) is 40.2 Å². The van der Waals surface area contributed by atoms with Crippen LogP contribution in [0.15, 0.2) is 30.3 Å². The summed E-state index contributed by atoms with van der Waals surface area (Å²) in [4.78, 5) is 0. The molecule has 0 heterocycles. The molecule has 0 bridgehead atoms. The van der Waals surface area contributed by atoms with Gasteiger partial charge in [0.15, 0.2) is 0 Å². The van der Waals surface area contributed by atoms with Crippen LogP contribution in [0.4, 0.5) is 0 Å². The minimum atomic E-state index is 0.260. The van der Waals surface area contributed by atoms with Gasteiger partial charge in [-0.1, -0.05) is 52.3 Å². The van der Waals surface area contributed by atoms with Gasteiger partial charge in [0, 0.05) is 11.9 Å². The fraction of sp³-hybridized carbons (Fsp3) is 0.333. The first kappa shape index (κ1) is 11.5. The Morgan fingerprint density at radius 1 is 1.29 bits per heavy atom. The lowest BCUT2D eigenvalue weighted by Gasteiger charge is -2.04. The lowest BCUT2D eigenvalue weighted by atomic mass is 10.0. The smallest absolute Gasteiger partial charge is 0.0434 e. The van der Waals surface area contributed by atoms with Crippen LogP contribution in [0, 0.1) is 0 Å². The highest BCUT2D eigenvalue weighted by atomic mass is 79.9. The average Bonchev–Trinajstić information content (AvgIpc) is 2.24. The van der Waals surface area contributed by atoms with Gasteiger partial charge in [0.2, 0.25) is 0 Å². The molecule has 1 N–H and O–H groups in total. The van der Waals surface area contributed by atoms with Crippen molar-refractivity contribution in [1.29, 1.82) is 0 Å². The van der Waals surface area contributed by atoms with Crippen molar-refractivity contribution in [2.75, 3.05) is 11.9 Å². The molecule has 0 amide bonds. The van der Waals surface area contributed by atoms with E-state index >= 15 is 0 Å². The van der Waals surface area contributed by atoms with Crippen LogP contribution in [0.25, 0.3) is 6.08 Å². The zero-order valence-electron chi connectivity index (χ0n) is 8.12. The topological polar surface area (TPSA) is 20.2 Å². The standard InChI is InChI=1S/C12H15BrO/c13-9-3-7-11-5-1-2-6-12(11)8-4-10-14/h1-3,5-7,14H,4,8-10H2. The molecule has 0 aliphatic rings. The third kappa shape index (κ3) is 3.64. The molecule has 1 rings (SSSR count). The van der Waals surface area contributed by atoms with Crippen molar-refractivity contribution in [1.82, 2.24) is 0 Å². The quantitative estimate of drug-likeness (QED) is 0.802. The maximum atomic E-state index is 8.77. The number of allylic oxidation sites excluding steroid dienone is 1. The van der Waals surface area contributed by atoms with E-state index in [0.717, 1.165) is 18.2 Å². The van der Waals surface area contributed by atoms with E-state index in [1.807, 2.05) is 12.1 Å². The van der Waals surface area contributed by atoms with Crippen molar-refractivity contribution in [3.05, 3.63) is 41.5 Å². The molecular formula is C12H15BrO. The number of rotatable bonds is 5. The van der Waals surface area contributed by atoms with E-state index in [0.29, 0.717) is 0 Å². The Balaban J connectivity index is 2.74. The molecule has 1 aromatic carbocycles. The molecule has 0 spiro atoms. The Bertz CT molecular complexity index is 294. The minimum Gasteiger partial charge on any atom is -0.396 e. The average molecular weight is 255 g/mol. The first-order valence-electron chi connectivity index (χ1n) is 4.79. The van der Waals surface area contributed by atoms with Crippen molar-refractivity contribution in [3.8, 4) is 0 Å². The third-order valence-electron chi connectivity index (χ3n) is 2.05. The molecule has 1 nitrogen and oxygen atoms in total. The van der Waals surface area contributed by atoms with Gasteiger partial charge in [-0.05, 0) is 24.0 Å². The van der Waals surface area contributed by atoms with E-state index < -0.39 is 0 Å². The Morgan fingerprint density at radius 2 is 2.07 bits per heavy atom. The van der Waals surface area contributed by atoms with Crippen molar-refractivity contribution in [2.24, 2.45) is 0 Å². The molecule has 0 saturated heterocycles. The van der Waals surface area contributed by atoms with Gasteiger partial charge in [0.25, 0.3) is 0 Å². The summed E-state index contributed by atoms with van der Waals surface area (Å²) in [6, 6.07) is 8.30. The van der Waals surface area contributed by atoms with Gasteiger partial charge in [-0.15, -0.1) is 0 Å². The van der Waals surface area contributed by atoms with Crippen molar-refractivity contribution >= 4 is 22.0 Å². The number of hydrogen-bond acceptors (Lipinski definition) is 1. The Hall–Kier alpha value is -0.600. The second kappa shape index (κ2) is 6.80. The first-order chi connectivity index (χ1) is 6.88. The van der Waals surface area contributed by atoms with Crippen molar-refractivity contribution in [2.45, 2.75) is 12.8 Å². The van der Waals surface area contributed by atoms with Crippen LogP contribution in [0.3, 0.4) is 0 Å². The molecule has 0 saturated carbocycles. The number of aliphatic hydroxyl groups excluding tert-OH is 1. The first-order valence-corrected chi connectivity index (χ1v) is 5.92. The molecule has 14 heavy (non-hydrogen) atoms. The molecule has 0 aliphatic heterocycles. The second-order valence-corrected chi connectivity index (χ2v) is 3.73. The third-order valence-corrected chi connectivity index (χ3v) is 2.42. The largest absolute Gasteiger partial charge is 0.396 e. The van der Waals surface area contributed by atoms with E-state index in [1.54, 1.807) is 0 Å². The van der Waals surface area contributed by atoms with Gasteiger partial charge < -0.3 is 5.11 Å². The summed E-state index contributed by atoms with van der Waals surface area (Å²) in [6.07, 6.45) is 5.97. The summed E-state index contributed by atoms with van der Waals surface area (Å²) in [6.45, 7) is 0.260. The fourth-order valence-corrected chi connectivity index (χ4v) is 1.55. The van der Waals surface area contributed by atoms with Crippen LogP contribution >= 0.6 is 15.9 Å². The zero-order chi connectivity index (χ0) is 10.2. The van der Waals surface area contributed by atoms with Crippen LogP contribution in [0.1, 0.15) is 17.5 Å². The fourth-order valence-electron chi connectivity index (χ4n) is 1.37. The summed E-state index contributed by atoms with van der Waals surface area (Å²) >= 11 is 3.36. The zero-order valence-corrected chi connectivity index (χ0v) is 9.70. The van der Waals surface area contributed by atoms with Crippen LogP contribution < -0.4 is 0 Å². The monoisotopic (exact) mass is 254 g/mol. The SMILES string of the molecule is OCCCc1ccccc1C=CCBr. The van der Waals surface area contributed by atoms with E-state index in [9.17, 15) is 0 Å². The second-order valence-electron chi connectivity index (χ2n) is 3.08. The van der Waals surface area contributed by atoms with Gasteiger partial charge in [0.05, 0.1) is 0 Å². The summed E-state index contributed by atoms with van der Waals surface area (Å²) in [5.41, 5.74) is 2.55. The maximum absolute atomic E-state index is 8.77. The van der Waals surface area contributed by atoms with Gasteiger partial charge in [-0.25, -0.2) is 0 Å². The van der Waals surface area contributed by atoms with Gasteiger partial charge in [-0.2, -0.15) is 0 Å². The molecule has 0 radical (unpaired) electrons. The van der Waals surface area contributed by atoms with Gasteiger partial charge >= 0.3 is 0 Å². The number of aryl methyl sites for hydroxylation is 1. The summed E-state index contributed by atoms with van der Waals surface area (Å²) in [5.74, 6) is 0. The number of alkyl halides is 1. The highest BCUT2D eigenvalue weighted by Gasteiger charge is 1.97. The van der Waals surface area contributed by atoms with Gasteiger partial charge in [-0.3, -0.25) is 0 Å². The highest BCUT2D eigenvalue weighted by molar-refractivity contribution is 9.09. The van der Waals surface area contributed by atoms with Crippen molar-refractivity contribution < 1.29 is 5.11 Å². The Morgan fingerprint density at radius 3 is 2.79 bits per heavy atom. The molecule has 0 fully saturated rings. The lowest BCUT2D eigenvalue weighted by molar-refractivity contribution is 0.288. The molecule has 1 aromatic rings. The Kier molecular flexibility index (Phi) is 5.57. The minimum absolute atomic E-state index is 0.260. The molecular weight excluding hydrogens is 240 g/mol. The molecule has 2 heteroatoms. The number of benzene rings is 1. The number of hydrogen-bond donors (Lipinski definition) is 1. The summed E-state index contributed by atoms with van der Waals surface area (Å²) in [5, 5.41) is 9.65. The molecule has 0 aliphatic carbocycles. The normalized spacial score (nSPS) is 11.0.